The predicted molar refractivity (Wildman–Crippen MR) is 75.9 cm³/mol. The molecule has 0 spiro atoms. The summed E-state index contributed by atoms with van der Waals surface area (Å²) >= 11 is 0. The number of piperidine rings is 1. The highest BCUT2D eigenvalue weighted by molar-refractivity contribution is 4.91. The first-order valence-electron chi connectivity index (χ1n) is 7.58. The van der Waals surface area contributed by atoms with E-state index in [-0.39, 0.29) is 0 Å². The minimum absolute atomic E-state index is 0.360. The predicted octanol–water partition coefficient (Wildman–Crippen LogP) is 2.26. The molecule has 0 aromatic carbocycles. The van der Waals surface area contributed by atoms with Gasteiger partial charge in [0.1, 0.15) is 0 Å². The molecule has 106 valence electrons. The Morgan fingerprint density at radius 1 is 1.28 bits per heavy atom. The van der Waals surface area contributed by atoms with Gasteiger partial charge in [-0.15, -0.1) is 0 Å². The molecular weight excluding hydrogens is 224 g/mol. The number of rotatable bonds is 3. The molecule has 1 N–H and O–H groups in total. The van der Waals surface area contributed by atoms with Crippen molar-refractivity contribution >= 4 is 0 Å². The maximum Gasteiger partial charge on any atom is 0.0612 e. The quantitative estimate of drug-likeness (QED) is 0.836. The number of nitrogens with zero attached hydrogens (tertiary/aromatic N) is 1. The largest absolute Gasteiger partial charge is 0.378 e. The molecule has 2 saturated heterocycles. The number of nitrogens with one attached hydrogen (secondary N) is 1. The molecule has 2 atom stereocenters. The molecule has 18 heavy (non-hydrogen) atoms. The summed E-state index contributed by atoms with van der Waals surface area (Å²) in [5.74, 6) is 0.653. The molecule has 3 heteroatoms. The molecule has 0 aliphatic carbocycles. The first-order chi connectivity index (χ1) is 8.54. The van der Waals surface area contributed by atoms with Crippen LogP contribution < -0.4 is 5.32 Å². The van der Waals surface area contributed by atoms with Crippen LogP contribution >= 0.6 is 0 Å². The maximum atomic E-state index is 5.88. The van der Waals surface area contributed by atoms with E-state index in [1.807, 2.05) is 0 Å². The van der Waals surface area contributed by atoms with Gasteiger partial charge in [0.25, 0.3) is 0 Å². The van der Waals surface area contributed by atoms with E-state index in [9.17, 15) is 0 Å². The lowest BCUT2D eigenvalue weighted by Gasteiger charge is -2.45. The van der Waals surface area contributed by atoms with Crippen molar-refractivity contribution < 1.29 is 4.74 Å². The van der Waals surface area contributed by atoms with Gasteiger partial charge in [-0.3, -0.25) is 0 Å². The zero-order chi connectivity index (χ0) is 13.2. The Balaban J connectivity index is 1.86. The molecule has 2 aliphatic rings. The maximum absolute atomic E-state index is 5.88. The van der Waals surface area contributed by atoms with Gasteiger partial charge in [0, 0.05) is 31.3 Å². The average molecular weight is 254 g/mol. The Hall–Kier alpha value is -0.120. The van der Waals surface area contributed by atoms with Crippen LogP contribution in [0.15, 0.2) is 0 Å². The van der Waals surface area contributed by atoms with E-state index >= 15 is 0 Å². The van der Waals surface area contributed by atoms with Crippen LogP contribution in [0.4, 0.5) is 0 Å². The van der Waals surface area contributed by atoms with Gasteiger partial charge in [0.2, 0.25) is 0 Å². The van der Waals surface area contributed by atoms with Crippen molar-refractivity contribution in [2.24, 2.45) is 5.92 Å². The first kappa shape index (κ1) is 14.3. The molecule has 2 aliphatic heterocycles. The third kappa shape index (κ3) is 3.25. The standard InChI is InChI=1S/C15H30N2O/c1-12(2)14-11-13(5-10-18-14)17-8-6-15(3,16-4)7-9-17/h12-14,16H,5-11H2,1-4H3. The van der Waals surface area contributed by atoms with Crippen molar-refractivity contribution in [1.29, 1.82) is 0 Å². The van der Waals surface area contributed by atoms with Gasteiger partial charge in [0.05, 0.1) is 6.10 Å². The van der Waals surface area contributed by atoms with E-state index in [4.69, 9.17) is 4.74 Å². The smallest absolute Gasteiger partial charge is 0.0612 e. The molecular formula is C15H30N2O. The Morgan fingerprint density at radius 2 is 1.94 bits per heavy atom. The molecule has 0 aromatic heterocycles. The summed E-state index contributed by atoms with van der Waals surface area (Å²) in [7, 11) is 2.10. The molecule has 2 unspecified atom stereocenters. The Bertz CT molecular complexity index is 259. The van der Waals surface area contributed by atoms with E-state index in [0.717, 1.165) is 12.6 Å². The molecule has 2 rings (SSSR count). The van der Waals surface area contributed by atoms with Crippen LogP contribution in [0.25, 0.3) is 0 Å². The Kier molecular flexibility index (Phi) is 4.68. The number of likely N-dealkylation sites (tertiary alicyclic amines) is 1. The summed E-state index contributed by atoms with van der Waals surface area (Å²) in [4.78, 5) is 2.71. The minimum Gasteiger partial charge on any atom is -0.378 e. The van der Waals surface area contributed by atoms with Gasteiger partial charge in [-0.25, -0.2) is 0 Å². The van der Waals surface area contributed by atoms with Gasteiger partial charge in [-0.1, -0.05) is 13.8 Å². The summed E-state index contributed by atoms with van der Waals surface area (Å²) in [6.45, 7) is 10.3. The number of ether oxygens (including phenoxy) is 1. The third-order valence-corrected chi connectivity index (χ3v) is 5.05. The van der Waals surface area contributed by atoms with Crippen molar-refractivity contribution in [3.8, 4) is 0 Å². The van der Waals surface area contributed by atoms with E-state index < -0.39 is 0 Å². The van der Waals surface area contributed by atoms with E-state index in [1.54, 1.807) is 0 Å². The van der Waals surface area contributed by atoms with Crippen LogP contribution in [0.1, 0.15) is 46.5 Å². The fourth-order valence-corrected chi connectivity index (χ4v) is 3.24. The van der Waals surface area contributed by atoms with Crippen molar-refractivity contribution in [2.45, 2.75) is 64.1 Å². The lowest BCUT2D eigenvalue weighted by molar-refractivity contribution is -0.0547. The van der Waals surface area contributed by atoms with Gasteiger partial charge in [-0.2, -0.15) is 0 Å². The van der Waals surface area contributed by atoms with Crippen LogP contribution in [0.3, 0.4) is 0 Å². The van der Waals surface area contributed by atoms with Crippen molar-refractivity contribution in [1.82, 2.24) is 10.2 Å². The fraction of sp³-hybridized carbons (Fsp3) is 1.00. The second-order valence-electron chi connectivity index (χ2n) is 6.68. The fourth-order valence-electron chi connectivity index (χ4n) is 3.24. The molecule has 2 fully saturated rings. The molecule has 0 aromatic rings. The van der Waals surface area contributed by atoms with Gasteiger partial charge >= 0.3 is 0 Å². The molecule has 0 bridgehead atoms. The Morgan fingerprint density at radius 3 is 2.50 bits per heavy atom. The molecule has 0 radical (unpaired) electrons. The molecule has 0 amide bonds. The van der Waals surface area contributed by atoms with Crippen molar-refractivity contribution in [3.05, 3.63) is 0 Å². The monoisotopic (exact) mass is 254 g/mol. The highest BCUT2D eigenvalue weighted by Crippen LogP contribution is 2.28. The first-order valence-corrected chi connectivity index (χ1v) is 7.58. The van der Waals surface area contributed by atoms with E-state index in [0.29, 0.717) is 17.6 Å². The van der Waals surface area contributed by atoms with Crippen LogP contribution in [0.5, 0.6) is 0 Å². The second-order valence-corrected chi connectivity index (χ2v) is 6.68. The molecule has 3 nitrogen and oxygen atoms in total. The minimum atomic E-state index is 0.360. The summed E-state index contributed by atoms with van der Waals surface area (Å²) in [5.41, 5.74) is 0.360. The van der Waals surface area contributed by atoms with Crippen molar-refractivity contribution in [2.75, 3.05) is 26.7 Å². The van der Waals surface area contributed by atoms with Crippen molar-refractivity contribution in [3.63, 3.8) is 0 Å². The van der Waals surface area contributed by atoms with Crippen LogP contribution in [0, 0.1) is 5.92 Å². The van der Waals surface area contributed by atoms with Crippen LogP contribution in [-0.2, 0) is 4.74 Å². The summed E-state index contributed by atoms with van der Waals surface area (Å²) in [6.07, 6.45) is 5.47. The summed E-state index contributed by atoms with van der Waals surface area (Å²) in [6, 6.07) is 0.757. The topological polar surface area (TPSA) is 24.5 Å². The summed E-state index contributed by atoms with van der Waals surface area (Å²) < 4.78 is 5.88. The third-order valence-electron chi connectivity index (χ3n) is 5.05. The van der Waals surface area contributed by atoms with Crippen LogP contribution in [-0.4, -0.2) is 49.3 Å². The normalized spacial score (nSPS) is 33.8. The zero-order valence-electron chi connectivity index (χ0n) is 12.5. The molecule has 2 heterocycles. The second kappa shape index (κ2) is 5.89. The van der Waals surface area contributed by atoms with Gasteiger partial charge in [0.15, 0.2) is 0 Å². The highest BCUT2D eigenvalue weighted by Gasteiger charge is 2.34. The summed E-state index contributed by atoms with van der Waals surface area (Å²) in [5, 5.41) is 3.48. The van der Waals surface area contributed by atoms with E-state index in [2.05, 4.69) is 38.0 Å². The number of hydrogen-bond acceptors (Lipinski definition) is 3. The average Bonchev–Trinajstić information content (AvgIpc) is 2.40. The highest BCUT2D eigenvalue weighted by atomic mass is 16.5. The van der Waals surface area contributed by atoms with E-state index in [1.165, 1.54) is 38.8 Å². The number of hydrogen-bond donors (Lipinski definition) is 1. The van der Waals surface area contributed by atoms with Gasteiger partial charge < -0.3 is 15.0 Å². The Labute approximate surface area is 112 Å². The zero-order valence-corrected chi connectivity index (χ0v) is 12.5. The van der Waals surface area contributed by atoms with Crippen LogP contribution in [0.2, 0.25) is 0 Å². The lowest BCUT2D eigenvalue weighted by Crippen LogP contribution is -2.54. The lowest BCUT2D eigenvalue weighted by atomic mass is 9.87. The molecule has 0 saturated carbocycles. The van der Waals surface area contributed by atoms with Gasteiger partial charge in [-0.05, 0) is 45.6 Å². The SMILES string of the molecule is CNC1(C)CCN(C2CCOC(C(C)C)C2)CC1.